The van der Waals surface area contributed by atoms with E-state index in [4.69, 9.17) is 5.26 Å². The Morgan fingerprint density at radius 2 is 2.27 bits per heavy atom. The van der Waals surface area contributed by atoms with Crippen LogP contribution in [0.2, 0.25) is 0 Å². The minimum atomic E-state index is -0.138. The van der Waals surface area contributed by atoms with E-state index in [0.717, 1.165) is 10.2 Å². The van der Waals surface area contributed by atoms with Gasteiger partial charge in [-0.3, -0.25) is 9.36 Å². The van der Waals surface area contributed by atoms with E-state index in [1.807, 2.05) is 24.3 Å². The van der Waals surface area contributed by atoms with E-state index in [2.05, 4.69) is 4.99 Å². The van der Waals surface area contributed by atoms with E-state index < -0.39 is 0 Å². The Bertz CT molecular complexity index is 630. The maximum Gasteiger partial charge on any atom is 0.230 e. The molecule has 0 N–H and O–H groups in total. The highest BCUT2D eigenvalue weighted by atomic mass is 32.1. The molecular formula is C10H7N3OS. The van der Waals surface area contributed by atoms with Gasteiger partial charge in [0.1, 0.15) is 0 Å². The lowest BCUT2D eigenvalue weighted by Gasteiger charge is -1.96. The molecule has 0 spiro atoms. The molecule has 1 heterocycles. The van der Waals surface area contributed by atoms with E-state index in [-0.39, 0.29) is 5.91 Å². The highest BCUT2D eigenvalue weighted by Gasteiger charge is 2.08. The molecule has 0 amide bonds. The number of para-hydroxylation sites is 1. The second-order valence-corrected chi connectivity index (χ2v) is 3.93. The lowest BCUT2D eigenvalue weighted by atomic mass is 10.3. The number of benzene rings is 1. The lowest BCUT2D eigenvalue weighted by molar-refractivity contribution is 0.0938. The van der Waals surface area contributed by atoms with Crippen molar-refractivity contribution in [2.24, 2.45) is 4.99 Å². The molecule has 1 aromatic carbocycles. The molecule has 0 fully saturated rings. The van der Waals surface area contributed by atoms with Crippen LogP contribution in [-0.2, 0) is 0 Å². The van der Waals surface area contributed by atoms with Crippen molar-refractivity contribution >= 4 is 27.5 Å². The average Bonchev–Trinajstić information content (AvgIpc) is 2.56. The highest BCUT2D eigenvalue weighted by molar-refractivity contribution is 7.16. The summed E-state index contributed by atoms with van der Waals surface area (Å²) in [5, 5.41) is 8.52. The predicted octanol–water partition coefficient (Wildman–Crippen LogP) is 1.74. The van der Waals surface area contributed by atoms with Crippen LogP contribution in [0.4, 0.5) is 0 Å². The zero-order valence-electron chi connectivity index (χ0n) is 7.97. The van der Waals surface area contributed by atoms with Crippen LogP contribution in [-0.4, -0.2) is 10.5 Å². The molecule has 0 aliphatic rings. The summed E-state index contributed by atoms with van der Waals surface area (Å²) in [5.74, 6) is -0.138. The summed E-state index contributed by atoms with van der Waals surface area (Å²) >= 11 is 1.33. The normalized spacial score (nSPS) is 11.6. The first-order valence-electron chi connectivity index (χ1n) is 4.28. The van der Waals surface area contributed by atoms with Crippen molar-refractivity contribution in [1.29, 1.82) is 5.26 Å². The number of nitrogens with zero attached hydrogens (tertiary/aromatic N) is 3. The fourth-order valence-electron chi connectivity index (χ4n) is 1.40. The van der Waals surface area contributed by atoms with Gasteiger partial charge in [-0.05, 0) is 12.1 Å². The molecule has 0 atom stereocenters. The predicted molar refractivity (Wildman–Crippen MR) is 57.3 cm³/mol. The van der Waals surface area contributed by atoms with Crippen LogP contribution in [0.25, 0.3) is 10.2 Å². The van der Waals surface area contributed by atoms with Crippen molar-refractivity contribution in [3.05, 3.63) is 29.1 Å². The highest BCUT2D eigenvalue weighted by Crippen LogP contribution is 2.16. The number of hydrogen-bond acceptors (Lipinski definition) is 4. The van der Waals surface area contributed by atoms with Gasteiger partial charge in [-0.2, -0.15) is 5.26 Å². The van der Waals surface area contributed by atoms with Gasteiger partial charge in [0.2, 0.25) is 16.9 Å². The lowest BCUT2D eigenvalue weighted by Crippen LogP contribution is -2.19. The van der Waals surface area contributed by atoms with E-state index >= 15 is 0 Å². The van der Waals surface area contributed by atoms with E-state index in [9.17, 15) is 4.79 Å². The van der Waals surface area contributed by atoms with Gasteiger partial charge in [-0.25, -0.2) is 0 Å². The van der Waals surface area contributed by atoms with E-state index in [1.165, 1.54) is 22.8 Å². The molecule has 0 radical (unpaired) electrons. The summed E-state index contributed by atoms with van der Waals surface area (Å²) < 4.78 is 2.39. The minimum Gasteiger partial charge on any atom is -0.274 e. The minimum absolute atomic E-state index is 0.138. The first-order chi connectivity index (χ1) is 7.24. The van der Waals surface area contributed by atoms with Gasteiger partial charge in [-0.1, -0.05) is 23.5 Å². The van der Waals surface area contributed by atoms with Gasteiger partial charge in [0.05, 0.1) is 10.2 Å². The molecule has 15 heavy (non-hydrogen) atoms. The Hall–Kier alpha value is -1.93. The van der Waals surface area contributed by atoms with Gasteiger partial charge in [0.15, 0.2) is 0 Å². The smallest absolute Gasteiger partial charge is 0.230 e. The van der Waals surface area contributed by atoms with Crippen LogP contribution < -0.4 is 4.80 Å². The molecule has 0 aliphatic carbocycles. The number of thiazole rings is 1. The monoisotopic (exact) mass is 217 g/mol. The Labute approximate surface area is 89.7 Å². The third kappa shape index (κ3) is 1.55. The molecule has 4 nitrogen and oxygen atoms in total. The van der Waals surface area contributed by atoms with Crippen molar-refractivity contribution in [2.75, 3.05) is 0 Å². The summed E-state index contributed by atoms with van der Waals surface area (Å²) in [6.07, 6.45) is 1.70. The molecule has 5 heteroatoms. The third-order valence-corrected chi connectivity index (χ3v) is 2.98. The quantitative estimate of drug-likeness (QED) is 0.631. The van der Waals surface area contributed by atoms with Gasteiger partial charge in [0, 0.05) is 6.92 Å². The summed E-state index contributed by atoms with van der Waals surface area (Å²) in [6.45, 7) is 1.45. The van der Waals surface area contributed by atoms with Crippen LogP contribution in [0.3, 0.4) is 0 Å². The van der Waals surface area contributed by atoms with Crippen LogP contribution in [0.5, 0.6) is 0 Å². The summed E-state index contributed by atoms with van der Waals surface area (Å²) in [6, 6.07) is 7.48. The van der Waals surface area contributed by atoms with Crippen molar-refractivity contribution in [3.63, 3.8) is 0 Å². The maximum absolute atomic E-state index is 11.4. The topological polar surface area (TPSA) is 58.1 Å². The average molecular weight is 217 g/mol. The summed E-state index contributed by atoms with van der Waals surface area (Å²) in [4.78, 5) is 15.5. The zero-order chi connectivity index (χ0) is 10.8. The molecule has 1 aromatic heterocycles. The first kappa shape index (κ1) is 9.62. The van der Waals surface area contributed by atoms with Gasteiger partial charge in [0.25, 0.3) is 0 Å². The number of carbonyl (C=O) groups excluding carboxylic acids is 1. The summed E-state index contributed by atoms with van der Waals surface area (Å²) in [7, 11) is 0. The Morgan fingerprint density at radius 1 is 1.53 bits per heavy atom. The summed E-state index contributed by atoms with van der Waals surface area (Å²) in [5.41, 5.74) is 0.795. The molecule has 2 aromatic rings. The van der Waals surface area contributed by atoms with E-state index in [0.29, 0.717) is 4.80 Å². The third-order valence-electron chi connectivity index (χ3n) is 1.96. The molecule has 0 unspecified atom stereocenters. The zero-order valence-corrected chi connectivity index (χ0v) is 8.78. The van der Waals surface area contributed by atoms with Crippen LogP contribution >= 0.6 is 11.3 Å². The van der Waals surface area contributed by atoms with Gasteiger partial charge < -0.3 is 0 Å². The maximum atomic E-state index is 11.4. The standard InChI is InChI=1S/C10H7N3OS/c1-7(14)13-8-4-2-3-5-9(8)15-10(13)12-6-11/h2-5H,1H3. The molecule has 0 aliphatic heterocycles. The second kappa shape index (κ2) is 3.67. The molecule has 74 valence electrons. The molecule has 0 saturated heterocycles. The van der Waals surface area contributed by atoms with Gasteiger partial charge >= 0.3 is 0 Å². The molecule has 2 rings (SSSR count). The van der Waals surface area contributed by atoms with Crippen LogP contribution in [0, 0.1) is 11.5 Å². The molecule has 0 saturated carbocycles. The fraction of sp³-hybridized carbons (Fsp3) is 0.100. The molecule has 0 bridgehead atoms. The van der Waals surface area contributed by atoms with Crippen molar-refractivity contribution in [1.82, 2.24) is 4.57 Å². The van der Waals surface area contributed by atoms with Gasteiger partial charge in [-0.15, -0.1) is 4.99 Å². The second-order valence-electron chi connectivity index (χ2n) is 2.92. The Balaban J connectivity index is 2.95. The van der Waals surface area contributed by atoms with E-state index in [1.54, 1.807) is 6.19 Å². The number of aromatic nitrogens is 1. The largest absolute Gasteiger partial charge is 0.274 e. The number of fused-ring (bicyclic) bond motifs is 1. The number of carbonyl (C=O) groups is 1. The van der Waals surface area contributed by atoms with Crippen molar-refractivity contribution < 1.29 is 4.79 Å². The van der Waals surface area contributed by atoms with Crippen LogP contribution in [0.1, 0.15) is 11.7 Å². The number of hydrogen-bond donors (Lipinski definition) is 0. The van der Waals surface area contributed by atoms with Crippen molar-refractivity contribution in [2.45, 2.75) is 6.92 Å². The van der Waals surface area contributed by atoms with Crippen molar-refractivity contribution in [3.8, 4) is 6.19 Å². The van der Waals surface area contributed by atoms with Crippen LogP contribution in [0.15, 0.2) is 29.3 Å². The Kier molecular flexibility index (Phi) is 2.35. The Morgan fingerprint density at radius 3 is 2.93 bits per heavy atom. The molecular weight excluding hydrogens is 210 g/mol. The first-order valence-corrected chi connectivity index (χ1v) is 5.10. The number of nitriles is 1. The number of rotatable bonds is 0. The fourth-order valence-corrected chi connectivity index (χ4v) is 2.41. The SMILES string of the molecule is CC(=O)n1c(=NC#N)sc2ccccc21.